The lowest BCUT2D eigenvalue weighted by molar-refractivity contribution is -0.529. The topological polar surface area (TPSA) is 136 Å². The molecule has 0 amide bonds. The van der Waals surface area contributed by atoms with Crippen molar-refractivity contribution in [3.8, 4) is 28.3 Å². The van der Waals surface area contributed by atoms with Gasteiger partial charge in [-0.25, -0.2) is 19.2 Å². The summed E-state index contributed by atoms with van der Waals surface area (Å²) < 4.78 is 20.1. The highest BCUT2D eigenvalue weighted by atomic mass is 19.1. The van der Waals surface area contributed by atoms with Gasteiger partial charge in [0, 0.05) is 4.92 Å². The smallest absolute Gasteiger partial charge is 0.355 e. The fraction of sp³-hybridized carbons (Fsp3) is 0.190. The van der Waals surface area contributed by atoms with E-state index in [9.17, 15) is 29.5 Å². The molecule has 2 atom stereocenters. The van der Waals surface area contributed by atoms with Gasteiger partial charge in [0.25, 0.3) is 0 Å². The molecule has 2 unspecified atom stereocenters. The average molecular weight is 425 g/mol. The number of nitrogens with zero attached hydrogens (tertiary/aromatic N) is 3. The first-order chi connectivity index (χ1) is 14.8. The van der Waals surface area contributed by atoms with Crippen LogP contribution in [-0.4, -0.2) is 38.2 Å². The number of aromatic carboxylic acids is 1. The predicted octanol–water partition coefficient (Wildman–Crippen LogP) is 3.41. The van der Waals surface area contributed by atoms with Gasteiger partial charge in [-0.3, -0.25) is 10.1 Å². The Morgan fingerprint density at radius 1 is 1.23 bits per heavy atom. The molecule has 4 rings (SSSR count). The minimum Gasteiger partial charge on any atom is -0.497 e. The van der Waals surface area contributed by atoms with E-state index in [4.69, 9.17) is 4.74 Å². The highest BCUT2D eigenvalue weighted by Crippen LogP contribution is 2.42. The summed E-state index contributed by atoms with van der Waals surface area (Å²) >= 11 is 0. The van der Waals surface area contributed by atoms with E-state index in [1.165, 1.54) is 19.2 Å². The summed E-state index contributed by atoms with van der Waals surface area (Å²) in [5.41, 5.74) is 0.133. The number of hydrogen-bond donors (Lipinski definition) is 2. The van der Waals surface area contributed by atoms with Crippen molar-refractivity contribution >= 4 is 5.97 Å². The summed E-state index contributed by atoms with van der Waals surface area (Å²) in [5.74, 6) is -1.90. The van der Waals surface area contributed by atoms with Gasteiger partial charge >= 0.3 is 5.97 Å². The van der Waals surface area contributed by atoms with Crippen LogP contribution in [0.1, 0.15) is 40.3 Å². The van der Waals surface area contributed by atoms with E-state index in [2.05, 4.69) is 9.97 Å². The van der Waals surface area contributed by atoms with Gasteiger partial charge in [0.1, 0.15) is 17.7 Å². The fourth-order valence-electron chi connectivity index (χ4n) is 3.66. The van der Waals surface area contributed by atoms with Crippen molar-refractivity contribution in [2.75, 3.05) is 7.11 Å². The number of hydrogen-bond acceptors (Lipinski definition) is 7. The molecule has 0 saturated heterocycles. The minimum atomic E-state index is -1.52. The van der Waals surface area contributed by atoms with Gasteiger partial charge in [0.15, 0.2) is 11.5 Å². The van der Waals surface area contributed by atoms with Crippen LogP contribution < -0.4 is 4.74 Å². The molecule has 158 valence electrons. The third-order valence-electron chi connectivity index (χ3n) is 5.14. The van der Waals surface area contributed by atoms with E-state index >= 15 is 0 Å². The number of carboxylic acid groups (broad SMARTS) is 1. The summed E-state index contributed by atoms with van der Waals surface area (Å²) in [4.78, 5) is 30.3. The number of aliphatic hydroxyl groups is 1. The average Bonchev–Trinajstić information content (AvgIpc) is 3.10. The Morgan fingerprint density at radius 2 is 1.97 bits per heavy atom. The third kappa shape index (κ3) is 3.57. The van der Waals surface area contributed by atoms with Crippen LogP contribution in [0.4, 0.5) is 4.39 Å². The summed E-state index contributed by atoms with van der Waals surface area (Å²) in [6.45, 7) is 0. The largest absolute Gasteiger partial charge is 0.497 e. The number of benzene rings is 2. The quantitative estimate of drug-likeness (QED) is 0.469. The van der Waals surface area contributed by atoms with Crippen molar-refractivity contribution in [2.45, 2.75) is 18.6 Å². The molecule has 0 saturated carbocycles. The van der Waals surface area contributed by atoms with E-state index < -0.39 is 34.5 Å². The zero-order valence-electron chi connectivity index (χ0n) is 16.2. The Labute approximate surface area is 174 Å². The Hall–Kier alpha value is -3.92. The number of carbonyl (C=O) groups is 1. The zero-order chi connectivity index (χ0) is 22.3. The van der Waals surface area contributed by atoms with Gasteiger partial charge in [0.05, 0.1) is 30.4 Å². The minimum absolute atomic E-state index is 0.0892. The van der Waals surface area contributed by atoms with Crippen LogP contribution in [-0.2, 0) is 0 Å². The van der Waals surface area contributed by atoms with Crippen molar-refractivity contribution in [2.24, 2.45) is 0 Å². The molecule has 0 bridgehead atoms. The number of nitro groups is 1. The lowest BCUT2D eigenvalue weighted by atomic mass is 10.0. The number of halogens is 1. The number of methoxy groups -OCH3 is 1. The standard InChI is InChI=1S/C21H16FN3O6/c1-31-12-4-2-3-10(7-12)11-5-6-13(14(22)8-11)20-23-18-16(26)9-15(25(29)30)17(18)19(24-20)21(27)28/h2-8,15-16,26H,9H2,1H3,(H,27,28). The first kappa shape index (κ1) is 20.4. The number of carboxylic acids is 1. The molecule has 2 N–H and O–H groups in total. The first-order valence-corrected chi connectivity index (χ1v) is 9.21. The second kappa shape index (κ2) is 7.73. The summed E-state index contributed by atoms with van der Waals surface area (Å²) in [5, 5.41) is 31.0. The van der Waals surface area contributed by atoms with Crippen molar-refractivity contribution in [1.29, 1.82) is 0 Å². The predicted molar refractivity (Wildman–Crippen MR) is 106 cm³/mol. The number of aliphatic hydroxyl groups excluding tert-OH is 1. The summed E-state index contributed by atoms with van der Waals surface area (Å²) in [6, 6.07) is 9.84. The van der Waals surface area contributed by atoms with E-state index in [1.807, 2.05) is 0 Å². The van der Waals surface area contributed by atoms with Gasteiger partial charge in [-0.05, 0) is 35.4 Å². The second-order valence-electron chi connectivity index (χ2n) is 6.98. The Bertz CT molecular complexity index is 1220. The van der Waals surface area contributed by atoms with Gasteiger partial charge in [0.2, 0.25) is 6.04 Å². The van der Waals surface area contributed by atoms with Crippen LogP contribution in [0.5, 0.6) is 5.75 Å². The van der Waals surface area contributed by atoms with Gasteiger partial charge in [-0.2, -0.15) is 0 Å². The second-order valence-corrected chi connectivity index (χ2v) is 6.98. The van der Waals surface area contributed by atoms with Crippen LogP contribution in [0, 0.1) is 15.9 Å². The molecule has 1 aromatic heterocycles. The lowest BCUT2D eigenvalue weighted by Gasteiger charge is -2.11. The van der Waals surface area contributed by atoms with E-state index in [0.29, 0.717) is 16.9 Å². The van der Waals surface area contributed by atoms with Gasteiger partial charge in [-0.15, -0.1) is 0 Å². The van der Waals surface area contributed by atoms with Crippen LogP contribution in [0.25, 0.3) is 22.5 Å². The van der Waals surface area contributed by atoms with Gasteiger partial charge < -0.3 is 14.9 Å². The highest BCUT2D eigenvalue weighted by Gasteiger charge is 2.43. The number of ether oxygens (including phenoxy) is 1. The molecule has 0 fully saturated rings. The lowest BCUT2D eigenvalue weighted by Crippen LogP contribution is -2.15. The first-order valence-electron chi connectivity index (χ1n) is 9.21. The number of aromatic nitrogens is 2. The van der Waals surface area contributed by atoms with E-state index in [1.54, 1.807) is 30.3 Å². The van der Waals surface area contributed by atoms with Crippen molar-refractivity contribution in [3.63, 3.8) is 0 Å². The molecule has 1 aliphatic carbocycles. The number of rotatable bonds is 5. The maximum absolute atomic E-state index is 15.0. The third-order valence-corrected chi connectivity index (χ3v) is 5.14. The Morgan fingerprint density at radius 3 is 2.61 bits per heavy atom. The molecule has 1 heterocycles. The van der Waals surface area contributed by atoms with Crippen LogP contribution in [0.2, 0.25) is 0 Å². The van der Waals surface area contributed by atoms with Crippen LogP contribution in [0.3, 0.4) is 0 Å². The fourth-order valence-corrected chi connectivity index (χ4v) is 3.66. The zero-order valence-corrected chi connectivity index (χ0v) is 16.2. The normalized spacial score (nSPS) is 17.3. The Kier molecular flexibility index (Phi) is 5.07. The molecule has 0 radical (unpaired) electrons. The molecule has 3 aromatic rings. The molecule has 31 heavy (non-hydrogen) atoms. The molecular weight excluding hydrogens is 409 g/mol. The van der Waals surface area contributed by atoms with Crippen molar-refractivity contribution in [1.82, 2.24) is 9.97 Å². The molecule has 2 aromatic carbocycles. The monoisotopic (exact) mass is 425 g/mol. The maximum Gasteiger partial charge on any atom is 0.355 e. The Balaban J connectivity index is 1.82. The summed E-state index contributed by atoms with van der Waals surface area (Å²) in [7, 11) is 1.52. The van der Waals surface area contributed by atoms with Crippen molar-refractivity contribution in [3.05, 3.63) is 75.3 Å². The number of fused-ring (bicyclic) bond motifs is 1. The molecule has 0 spiro atoms. The molecule has 0 aliphatic heterocycles. The highest BCUT2D eigenvalue weighted by molar-refractivity contribution is 5.88. The molecule has 9 nitrogen and oxygen atoms in total. The molecule has 1 aliphatic rings. The summed E-state index contributed by atoms with van der Waals surface area (Å²) in [6.07, 6.45) is -1.66. The van der Waals surface area contributed by atoms with E-state index in [-0.39, 0.29) is 29.1 Å². The molecule has 10 heteroatoms. The maximum atomic E-state index is 15.0. The van der Waals surface area contributed by atoms with Crippen molar-refractivity contribution < 1.29 is 29.1 Å². The van der Waals surface area contributed by atoms with Gasteiger partial charge in [-0.1, -0.05) is 18.2 Å². The van der Waals surface area contributed by atoms with E-state index in [0.717, 1.165) is 0 Å². The van der Waals surface area contributed by atoms with Crippen LogP contribution >= 0.6 is 0 Å². The van der Waals surface area contributed by atoms with Crippen LogP contribution in [0.15, 0.2) is 42.5 Å². The molecular formula is C21H16FN3O6. The SMILES string of the molecule is COc1cccc(-c2ccc(-c3nc(C(=O)O)c4c(n3)C(O)CC4[N+](=O)[O-])c(F)c2)c1.